The summed E-state index contributed by atoms with van der Waals surface area (Å²) < 4.78 is 0. The maximum absolute atomic E-state index is 8.76. The normalized spacial score (nSPS) is 32.1. The molecule has 0 aliphatic carbocycles. The lowest BCUT2D eigenvalue weighted by Crippen LogP contribution is -2.45. The van der Waals surface area contributed by atoms with Crippen LogP contribution < -0.4 is 5.48 Å². The van der Waals surface area contributed by atoms with Crippen LogP contribution in [-0.4, -0.2) is 22.8 Å². The molecule has 60 valence electrons. The molecule has 3 heteroatoms. The van der Waals surface area contributed by atoms with Gasteiger partial charge >= 0.3 is 0 Å². The lowest BCUT2D eigenvalue weighted by atomic mass is 9.83. The monoisotopic (exact) mass is 161 g/mol. The van der Waals surface area contributed by atoms with Crippen LogP contribution >= 0.6 is 11.8 Å². The Balaban J connectivity index is 2.51. The highest BCUT2D eigenvalue weighted by atomic mass is 32.2. The Morgan fingerprint density at radius 2 is 2.30 bits per heavy atom. The highest BCUT2D eigenvalue weighted by molar-refractivity contribution is 7.99. The van der Waals surface area contributed by atoms with Gasteiger partial charge in [-0.3, -0.25) is 0 Å². The van der Waals surface area contributed by atoms with Crippen molar-refractivity contribution < 1.29 is 5.21 Å². The molecule has 1 unspecified atom stereocenters. The molecule has 0 amide bonds. The Hall–Kier alpha value is 0.270. The average Bonchev–Trinajstić information content (AvgIpc) is 1.87. The number of hydrogen-bond acceptors (Lipinski definition) is 3. The van der Waals surface area contributed by atoms with Crippen LogP contribution in [-0.2, 0) is 0 Å². The average molecular weight is 161 g/mol. The molecule has 0 saturated carbocycles. The van der Waals surface area contributed by atoms with E-state index in [1.54, 1.807) is 0 Å². The summed E-state index contributed by atoms with van der Waals surface area (Å²) in [4.78, 5) is 0. The highest BCUT2D eigenvalue weighted by Gasteiger charge is 2.31. The summed E-state index contributed by atoms with van der Waals surface area (Å²) in [5.74, 6) is 2.26. The predicted molar refractivity (Wildman–Crippen MR) is 44.4 cm³/mol. The maximum atomic E-state index is 8.76. The molecule has 10 heavy (non-hydrogen) atoms. The van der Waals surface area contributed by atoms with Crippen LogP contribution in [0.5, 0.6) is 0 Å². The molecule has 1 saturated heterocycles. The van der Waals surface area contributed by atoms with Crippen LogP contribution in [0.15, 0.2) is 0 Å². The predicted octanol–water partition coefficient (Wildman–Crippen LogP) is 1.50. The Morgan fingerprint density at radius 1 is 1.60 bits per heavy atom. The summed E-state index contributed by atoms with van der Waals surface area (Å²) in [5.41, 5.74) is 2.64. The van der Waals surface area contributed by atoms with Gasteiger partial charge in [-0.25, -0.2) is 5.48 Å². The third kappa shape index (κ3) is 1.65. The molecule has 0 bridgehead atoms. The molecule has 1 atom stereocenters. The molecule has 1 heterocycles. The minimum atomic E-state index is 0.264. The largest absolute Gasteiger partial charge is 0.316 e. The van der Waals surface area contributed by atoms with Gasteiger partial charge in [-0.15, -0.1) is 0 Å². The van der Waals surface area contributed by atoms with Gasteiger partial charge in [-0.05, 0) is 17.6 Å². The Bertz CT molecular complexity index is 116. The highest BCUT2D eigenvalue weighted by Crippen LogP contribution is 2.33. The van der Waals surface area contributed by atoms with Crippen molar-refractivity contribution in [3.05, 3.63) is 0 Å². The number of hydrogen-bond donors (Lipinski definition) is 2. The fraction of sp³-hybridized carbons (Fsp3) is 1.00. The summed E-state index contributed by atoms with van der Waals surface area (Å²) in [6.07, 6.45) is 1.19. The van der Waals surface area contributed by atoms with E-state index in [9.17, 15) is 0 Å². The van der Waals surface area contributed by atoms with Crippen molar-refractivity contribution in [2.24, 2.45) is 5.41 Å². The van der Waals surface area contributed by atoms with E-state index >= 15 is 0 Å². The van der Waals surface area contributed by atoms with Crippen LogP contribution in [0.25, 0.3) is 0 Å². The van der Waals surface area contributed by atoms with Crippen molar-refractivity contribution in [1.82, 2.24) is 5.48 Å². The van der Waals surface area contributed by atoms with Gasteiger partial charge in [-0.1, -0.05) is 13.8 Å². The van der Waals surface area contributed by atoms with Crippen LogP contribution in [0.3, 0.4) is 0 Å². The number of thioether (sulfide) groups is 1. The van der Waals surface area contributed by atoms with Gasteiger partial charge in [0.2, 0.25) is 0 Å². The van der Waals surface area contributed by atoms with E-state index in [2.05, 4.69) is 19.3 Å². The molecule has 0 aromatic heterocycles. The second-order valence-electron chi connectivity index (χ2n) is 3.50. The molecule has 1 aliphatic heterocycles. The summed E-state index contributed by atoms with van der Waals surface area (Å²) in [6.45, 7) is 4.39. The second-order valence-corrected chi connectivity index (χ2v) is 4.65. The standard InChI is InChI=1S/C7H15NOS/c1-7(2)3-4-10-5-6(7)8-9/h6,8-9H,3-5H2,1-2H3. The van der Waals surface area contributed by atoms with E-state index < -0.39 is 0 Å². The van der Waals surface area contributed by atoms with Gasteiger partial charge in [0.15, 0.2) is 0 Å². The van der Waals surface area contributed by atoms with Gasteiger partial charge in [0.1, 0.15) is 0 Å². The van der Waals surface area contributed by atoms with Crippen molar-refractivity contribution in [3.8, 4) is 0 Å². The Kier molecular flexibility index (Phi) is 2.61. The maximum Gasteiger partial charge on any atom is 0.0461 e. The fourth-order valence-electron chi connectivity index (χ4n) is 1.15. The van der Waals surface area contributed by atoms with Crippen LogP contribution in [0.2, 0.25) is 0 Å². The molecular formula is C7H15NOS. The third-order valence-corrected chi connectivity index (χ3v) is 3.34. The number of hydroxylamine groups is 1. The van der Waals surface area contributed by atoms with E-state index in [-0.39, 0.29) is 11.5 Å². The first-order chi connectivity index (χ1) is 4.67. The van der Waals surface area contributed by atoms with Gasteiger partial charge < -0.3 is 5.21 Å². The van der Waals surface area contributed by atoms with E-state index in [1.165, 1.54) is 12.2 Å². The quantitative estimate of drug-likeness (QED) is 0.572. The summed E-state index contributed by atoms with van der Waals surface area (Å²) in [6, 6.07) is 0.270. The molecule has 1 fully saturated rings. The van der Waals surface area contributed by atoms with Crippen LogP contribution in [0, 0.1) is 5.41 Å². The summed E-state index contributed by atoms with van der Waals surface area (Å²) >= 11 is 1.91. The van der Waals surface area contributed by atoms with Crippen molar-refractivity contribution in [1.29, 1.82) is 0 Å². The zero-order valence-electron chi connectivity index (χ0n) is 6.55. The zero-order chi connectivity index (χ0) is 7.61. The van der Waals surface area contributed by atoms with E-state index in [1.807, 2.05) is 11.8 Å². The van der Waals surface area contributed by atoms with E-state index in [0.717, 1.165) is 5.75 Å². The summed E-state index contributed by atoms with van der Waals surface area (Å²) in [7, 11) is 0. The lowest BCUT2D eigenvalue weighted by molar-refractivity contribution is 0.0721. The van der Waals surface area contributed by atoms with E-state index in [4.69, 9.17) is 5.21 Å². The van der Waals surface area contributed by atoms with Gasteiger partial charge in [0, 0.05) is 11.8 Å². The lowest BCUT2D eigenvalue weighted by Gasteiger charge is -2.36. The minimum absolute atomic E-state index is 0.264. The molecule has 0 radical (unpaired) electrons. The fourth-order valence-corrected chi connectivity index (χ4v) is 2.75. The molecule has 1 aliphatic rings. The smallest absolute Gasteiger partial charge is 0.0461 e. The Morgan fingerprint density at radius 3 is 2.70 bits per heavy atom. The first-order valence-corrected chi connectivity index (χ1v) is 4.79. The summed E-state index contributed by atoms with van der Waals surface area (Å²) in [5, 5.41) is 8.76. The van der Waals surface area contributed by atoms with Crippen LogP contribution in [0.4, 0.5) is 0 Å². The first-order valence-electron chi connectivity index (χ1n) is 3.64. The molecule has 2 N–H and O–H groups in total. The molecule has 1 rings (SSSR count). The van der Waals surface area contributed by atoms with Crippen LogP contribution in [0.1, 0.15) is 20.3 Å². The minimum Gasteiger partial charge on any atom is -0.316 e. The van der Waals surface area contributed by atoms with Gasteiger partial charge in [0.25, 0.3) is 0 Å². The number of nitrogens with one attached hydrogen (secondary N) is 1. The van der Waals surface area contributed by atoms with Crippen molar-refractivity contribution >= 4 is 11.8 Å². The Labute approximate surface area is 66.3 Å². The topological polar surface area (TPSA) is 32.3 Å². The first kappa shape index (κ1) is 8.37. The molecule has 2 nitrogen and oxygen atoms in total. The third-order valence-electron chi connectivity index (χ3n) is 2.27. The van der Waals surface area contributed by atoms with Gasteiger partial charge in [0.05, 0.1) is 0 Å². The second kappa shape index (κ2) is 3.11. The van der Waals surface area contributed by atoms with Crippen molar-refractivity contribution in [2.45, 2.75) is 26.3 Å². The zero-order valence-corrected chi connectivity index (χ0v) is 7.37. The van der Waals surface area contributed by atoms with Gasteiger partial charge in [-0.2, -0.15) is 11.8 Å². The molecular weight excluding hydrogens is 146 g/mol. The van der Waals surface area contributed by atoms with E-state index in [0.29, 0.717) is 0 Å². The molecule has 0 aromatic rings. The molecule has 0 aromatic carbocycles. The van der Waals surface area contributed by atoms with Crippen molar-refractivity contribution in [3.63, 3.8) is 0 Å². The SMILES string of the molecule is CC1(C)CCSCC1NO. The number of rotatable bonds is 1. The van der Waals surface area contributed by atoms with Crippen molar-refractivity contribution in [2.75, 3.05) is 11.5 Å². The molecule has 0 spiro atoms.